The third kappa shape index (κ3) is 4.71. The van der Waals surface area contributed by atoms with E-state index in [0.29, 0.717) is 6.04 Å². The molecule has 0 aromatic heterocycles. The van der Waals surface area contributed by atoms with Gasteiger partial charge in [0, 0.05) is 36.7 Å². The Morgan fingerprint density at radius 3 is 2.18 bits per heavy atom. The van der Waals surface area contributed by atoms with E-state index < -0.39 is 5.60 Å². The van der Waals surface area contributed by atoms with Gasteiger partial charge < -0.3 is 9.64 Å². The molecule has 0 aliphatic carbocycles. The van der Waals surface area contributed by atoms with Crippen LogP contribution in [0.2, 0.25) is 0 Å². The van der Waals surface area contributed by atoms with Crippen molar-refractivity contribution in [3.05, 3.63) is 34.3 Å². The van der Waals surface area contributed by atoms with Gasteiger partial charge in [0.1, 0.15) is 5.60 Å². The van der Waals surface area contributed by atoms with E-state index in [1.807, 2.05) is 20.8 Å². The van der Waals surface area contributed by atoms with Crippen molar-refractivity contribution < 1.29 is 9.53 Å². The predicted molar refractivity (Wildman–Crippen MR) is 91.9 cm³/mol. The van der Waals surface area contributed by atoms with Crippen LogP contribution in [0.4, 0.5) is 4.79 Å². The fraction of sp³-hybridized carbons (Fsp3) is 0.588. The van der Waals surface area contributed by atoms with E-state index in [1.165, 1.54) is 5.56 Å². The molecule has 1 aromatic rings. The number of amides is 1. The van der Waals surface area contributed by atoms with Gasteiger partial charge in [0.25, 0.3) is 0 Å². The zero-order valence-electron chi connectivity index (χ0n) is 13.8. The second-order valence-corrected chi connectivity index (χ2v) is 7.65. The number of carbonyl (C=O) groups is 1. The molecule has 0 bridgehead atoms. The molecule has 1 aliphatic heterocycles. The molecular weight excluding hydrogens is 344 g/mol. The molecule has 0 spiro atoms. The number of halogens is 1. The highest BCUT2D eigenvalue weighted by Crippen LogP contribution is 2.23. The molecular formula is C17H25BrN2O2. The average molecular weight is 369 g/mol. The zero-order chi connectivity index (χ0) is 16.3. The van der Waals surface area contributed by atoms with Crippen molar-refractivity contribution in [2.45, 2.75) is 39.3 Å². The quantitative estimate of drug-likeness (QED) is 0.788. The van der Waals surface area contributed by atoms with Gasteiger partial charge in [-0.3, -0.25) is 4.90 Å². The van der Waals surface area contributed by atoms with Crippen molar-refractivity contribution in [1.29, 1.82) is 0 Å². The van der Waals surface area contributed by atoms with Crippen molar-refractivity contribution in [3.63, 3.8) is 0 Å². The fourth-order valence-corrected chi connectivity index (χ4v) is 2.83. The van der Waals surface area contributed by atoms with Crippen molar-refractivity contribution >= 4 is 22.0 Å². The van der Waals surface area contributed by atoms with E-state index in [0.717, 1.165) is 30.7 Å². The van der Waals surface area contributed by atoms with Gasteiger partial charge in [0.15, 0.2) is 0 Å². The number of carbonyl (C=O) groups excluding carboxylic acids is 1. The molecule has 1 unspecified atom stereocenters. The summed E-state index contributed by atoms with van der Waals surface area (Å²) in [7, 11) is 0. The highest BCUT2D eigenvalue weighted by atomic mass is 79.9. The van der Waals surface area contributed by atoms with Crippen LogP contribution in [0.3, 0.4) is 0 Å². The lowest BCUT2D eigenvalue weighted by molar-refractivity contribution is 0.0110. The van der Waals surface area contributed by atoms with E-state index in [4.69, 9.17) is 4.74 Å². The van der Waals surface area contributed by atoms with Gasteiger partial charge in [-0.25, -0.2) is 4.79 Å². The Hall–Kier alpha value is -1.07. The smallest absolute Gasteiger partial charge is 0.410 e. The Morgan fingerprint density at radius 2 is 1.68 bits per heavy atom. The minimum atomic E-state index is -0.432. The lowest BCUT2D eigenvalue weighted by Crippen LogP contribution is -2.50. The van der Waals surface area contributed by atoms with Crippen LogP contribution in [0.15, 0.2) is 28.7 Å². The molecule has 0 radical (unpaired) electrons. The maximum Gasteiger partial charge on any atom is 0.410 e. The van der Waals surface area contributed by atoms with Crippen molar-refractivity contribution in [2.24, 2.45) is 0 Å². The number of piperazine rings is 1. The van der Waals surface area contributed by atoms with Crippen LogP contribution in [0.1, 0.15) is 39.3 Å². The monoisotopic (exact) mass is 368 g/mol. The Kier molecular flexibility index (Phi) is 5.50. The Morgan fingerprint density at radius 1 is 1.14 bits per heavy atom. The third-order valence-electron chi connectivity index (χ3n) is 3.87. The highest BCUT2D eigenvalue weighted by molar-refractivity contribution is 9.10. The molecule has 5 heteroatoms. The Labute approximate surface area is 141 Å². The summed E-state index contributed by atoms with van der Waals surface area (Å²) in [5, 5.41) is 0. The first-order valence-corrected chi connectivity index (χ1v) is 8.53. The minimum Gasteiger partial charge on any atom is -0.444 e. The molecule has 22 heavy (non-hydrogen) atoms. The molecule has 4 nitrogen and oxygen atoms in total. The van der Waals surface area contributed by atoms with Gasteiger partial charge in [0.2, 0.25) is 0 Å². The number of hydrogen-bond acceptors (Lipinski definition) is 3. The van der Waals surface area contributed by atoms with Gasteiger partial charge in [-0.1, -0.05) is 28.1 Å². The summed E-state index contributed by atoms with van der Waals surface area (Å²) in [6, 6.07) is 8.80. The van der Waals surface area contributed by atoms with Gasteiger partial charge >= 0.3 is 6.09 Å². The normalized spacial score (nSPS) is 18.1. The number of benzene rings is 1. The molecule has 1 amide bonds. The van der Waals surface area contributed by atoms with Gasteiger partial charge in [-0.2, -0.15) is 0 Å². The molecule has 1 saturated heterocycles. The van der Waals surface area contributed by atoms with Crippen LogP contribution in [-0.2, 0) is 4.74 Å². The molecule has 0 saturated carbocycles. The van der Waals surface area contributed by atoms with E-state index in [-0.39, 0.29) is 6.09 Å². The topological polar surface area (TPSA) is 32.8 Å². The number of rotatable bonds is 2. The fourth-order valence-electron chi connectivity index (χ4n) is 2.57. The lowest BCUT2D eigenvalue weighted by Gasteiger charge is -2.38. The third-order valence-corrected chi connectivity index (χ3v) is 4.39. The summed E-state index contributed by atoms with van der Waals surface area (Å²) in [5.41, 5.74) is 0.868. The molecule has 1 aromatic carbocycles. The number of ether oxygens (including phenoxy) is 1. The summed E-state index contributed by atoms with van der Waals surface area (Å²) in [4.78, 5) is 16.3. The van der Waals surface area contributed by atoms with E-state index in [2.05, 4.69) is 52.0 Å². The average Bonchev–Trinajstić information content (AvgIpc) is 2.46. The Bertz CT molecular complexity index is 502. The van der Waals surface area contributed by atoms with Crippen LogP contribution in [0.5, 0.6) is 0 Å². The van der Waals surface area contributed by atoms with Crippen LogP contribution < -0.4 is 0 Å². The first-order valence-electron chi connectivity index (χ1n) is 7.74. The van der Waals surface area contributed by atoms with Gasteiger partial charge in [-0.15, -0.1) is 0 Å². The molecule has 1 atom stereocenters. The molecule has 1 aliphatic rings. The Balaban J connectivity index is 1.89. The first-order chi connectivity index (χ1) is 10.3. The van der Waals surface area contributed by atoms with Crippen molar-refractivity contribution in [1.82, 2.24) is 9.80 Å². The molecule has 1 fully saturated rings. The SMILES string of the molecule is CC(c1ccc(Br)cc1)N1CCN(C(=O)OC(C)(C)C)CC1. The number of nitrogens with zero attached hydrogens (tertiary/aromatic N) is 2. The maximum atomic E-state index is 12.1. The summed E-state index contributed by atoms with van der Waals surface area (Å²) in [6.07, 6.45) is -0.205. The molecule has 2 rings (SSSR count). The van der Waals surface area contributed by atoms with E-state index in [1.54, 1.807) is 4.90 Å². The van der Waals surface area contributed by atoms with Gasteiger partial charge in [0.05, 0.1) is 0 Å². The second kappa shape index (κ2) is 7.01. The van der Waals surface area contributed by atoms with Crippen LogP contribution in [0.25, 0.3) is 0 Å². The molecule has 122 valence electrons. The summed E-state index contributed by atoms with van der Waals surface area (Å²) in [5.74, 6) is 0. The van der Waals surface area contributed by atoms with Crippen LogP contribution in [-0.4, -0.2) is 47.7 Å². The summed E-state index contributed by atoms with van der Waals surface area (Å²) >= 11 is 3.47. The van der Waals surface area contributed by atoms with E-state index >= 15 is 0 Å². The van der Waals surface area contributed by atoms with E-state index in [9.17, 15) is 4.79 Å². The minimum absolute atomic E-state index is 0.205. The number of hydrogen-bond donors (Lipinski definition) is 0. The molecule has 1 heterocycles. The van der Waals surface area contributed by atoms with Gasteiger partial charge in [-0.05, 0) is 45.4 Å². The highest BCUT2D eigenvalue weighted by Gasteiger charge is 2.27. The maximum absolute atomic E-state index is 12.1. The second-order valence-electron chi connectivity index (χ2n) is 6.73. The first kappa shape index (κ1) is 17.3. The van der Waals surface area contributed by atoms with Crippen molar-refractivity contribution in [3.8, 4) is 0 Å². The van der Waals surface area contributed by atoms with Crippen molar-refractivity contribution in [2.75, 3.05) is 26.2 Å². The van der Waals surface area contributed by atoms with Crippen LogP contribution in [0, 0.1) is 0 Å². The van der Waals surface area contributed by atoms with Crippen LogP contribution >= 0.6 is 15.9 Å². The summed E-state index contributed by atoms with van der Waals surface area (Å²) in [6.45, 7) is 11.1. The summed E-state index contributed by atoms with van der Waals surface area (Å²) < 4.78 is 6.53. The lowest BCUT2D eigenvalue weighted by atomic mass is 10.1. The largest absolute Gasteiger partial charge is 0.444 e. The molecule has 0 N–H and O–H groups in total. The predicted octanol–water partition coefficient (Wildman–Crippen LogP) is 4.06. The zero-order valence-corrected chi connectivity index (χ0v) is 15.4. The standard InChI is InChI=1S/C17H25BrN2O2/c1-13(14-5-7-15(18)8-6-14)19-9-11-20(12-10-19)16(21)22-17(2,3)4/h5-8,13H,9-12H2,1-4H3.